The topological polar surface area (TPSA) is 58.2 Å². The molecule has 1 fully saturated rings. The average Bonchev–Trinajstić information content (AvgIpc) is 3.34. The van der Waals surface area contributed by atoms with Crippen LogP contribution in [0.4, 0.5) is 11.4 Å². The summed E-state index contributed by atoms with van der Waals surface area (Å²) < 4.78 is 0. The fourth-order valence-electron chi connectivity index (χ4n) is 2.43. The normalized spacial score (nSPS) is 14.9. The Kier molecular flexibility index (Phi) is 4.09. The van der Waals surface area contributed by atoms with E-state index in [0.717, 1.165) is 5.56 Å². The molecule has 2 amide bonds. The van der Waals surface area contributed by atoms with Gasteiger partial charge in [0.1, 0.15) is 5.41 Å². The molecule has 0 atom stereocenters. The molecule has 23 heavy (non-hydrogen) atoms. The maximum absolute atomic E-state index is 12.6. The second kappa shape index (κ2) is 6.05. The molecule has 2 aromatic carbocycles. The van der Waals surface area contributed by atoms with Gasteiger partial charge in [0.2, 0.25) is 11.8 Å². The minimum absolute atomic E-state index is 0.263. The molecule has 0 aromatic heterocycles. The Labute approximate surface area is 139 Å². The predicted octanol–water partition coefficient (Wildman–Crippen LogP) is 4.01. The summed E-state index contributed by atoms with van der Waals surface area (Å²) in [6.07, 6.45) is 1.11. The number of carbonyl (C=O) groups is 2. The van der Waals surface area contributed by atoms with Crippen molar-refractivity contribution >= 4 is 34.8 Å². The molecular weight excluding hydrogens is 312 g/mol. The molecule has 0 aliphatic heterocycles. The van der Waals surface area contributed by atoms with E-state index in [1.54, 1.807) is 24.3 Å². The quantitative estimate of drug-likeness (QED) is 0.833. The molecule has 0 heterocycles. The number of para-hydroxylation sites is 1. The smallest absolute Gasteiger partial charge is 0.240 e. The first kappa shape index (κ1) is 15.6. The first-order valence-electron chi connectivity index (χ1n) is 7.45. The monoisotopic (exact) mass is 328 g/mol. The van der Waals surface area contributed by atoms with Crippen LogP contribution in [0.3, 0.4) is 0 Å². The number of nitrogens with one attached hydrogen (secondary N) is 2. The molecule has 4 nitrogen and oxygen atoms in total. The van der Waals surface area contributed by atoms with Crippen LogP contribution in [0.25, 0.3) is 0 Å². The Morgan fingerprint density at radius 2 is 1.65 bits per heavy atom. The molecule has 0 bridgehead atoms. The van der Waals surface area contributed by atoms with Gasteiger partial charge < -0.3 is 10.6 Å². The van der Waals surface area contributed by atoms with Gasteiger partial charge in [0.25, 0.3) is 0 Å². The third-order valence-corrected chi connectivity index (χ3v) is 4.33. The summed E-state index contributed by atoms with van der Waals surface area (Å²) in [6, 6.07) is 14.4. The Hall–Kier alpha value is -2.33. The number of hydrogen-bond acceptors (Lipinski definition) is 2. The van der Waals surface area contributed by atoms with Crippen LogP contribution in [-0.4, -0.2) is 11.8 Å². The van der Waals surface area contributed by atoms with Crippen LogP contribution >= 0.6 is 11.6 Å². The lowest BCUT2D eigenvalue weighted by Gasteiger charge is -2.16. The third-order valence-electron chi connectivity index (χ3n) is 4.10. The third kappa shape index (κ3) is 3.22. The van der Waals surface area contributed by atoms with Crippen LogP contribution in [0.15, 0.2) is 48.5 Å². The Bertz CT molecular complexity index is 755. The number of halogens is 1. The number of benzene rings is 2. The SMILES string of the molecule is Cc1ccc(Cl)cc1NC(=O)C1(C(=O)Nc2ccccc2)CC1. The van der Waals surface area contributed by atoms with Gasteiger partial charge in [-0.25, -0.2) is 0 Å². The summed E-state index contributed by atoms with van der Waals surface area (Å²) in [5, 5.41) is 6.19. The van der Waals surface area contributed by atoms with Gasteiger partial charge in [0.05, 0.1) is 0 Å². The number of anilines is 2. The molecule has 0 spiro atoms. The lowest BCUT2D eigenvalue weighted by Crippen LogP contribution is -2.35. The van der Waals surface area contributed by atoms with Crippen LogP contribution < -0.4 is 10.6 Å². The predicted molar refractivity (Wildman–Crippen MR) is 91.6 cm³/mol. The first-order chi connectivity index (χ1) is 11.0. The van der Waals surface area contributed by atoms with Crippen LogP contribution in [0.5, 0.6) is 0 Å². The van der Waals surface area contributed by atoms with E-state index in [1.165, 1.54) is 0 Å². The van der Waals surface area contributed by atoms with Crippen LogP contribution in [0, 0.1) is 12.3 Å². The molecule has 2 aromatic rings. The van der Waals surface area contributed by atoms with Crippen molar-refractivity contribution in [3.8, 4) is 0 Å². The first-order valence-corrected chi connectivity index (χ1v) is 7.83. The molecule has 1 aliphatic rings. The van der Waals surface area contributed by atoms with Gasteiger partial charge in [-0.15, -0.1) is 0 Å². The highest BCUT2D eigenvalue weighted by molar-refractivity contribution is 6.31. The van der Waals surface area contributed by atoms with E-state index in [-0.39, 0.29) is 11.8 Å². The van der Waals surface area contributed by atoms with Crippen LogP contribution in [0.2, 0.25) is 5.02 Å². The van der Waals surface area contributed by atoms with Crippen molar-refractivity contribution in [3.05, 3.63) is 59.1 Å². The standard InChI is InChI=1S/C18H17ClN2O2/c1-12-7-8-13(19)11-15(12)21-17(23)18(9-10-18)16(22)20-14-5-3-2-4-6-14/h2-8,11H,9-10H2,1H3,(H,20,22)(H,21,23). The molecule has 2 N–H and O–H groups in total. The molecule has 1 aliphatic carbocycles. The number of carbonyl (C=O) groups excluding carboxylic acids is 2. The summed E-state index contributed by atoms with van der Waals surface area (Å²) >= 11 is 5.97. The summed E-state index contributed by atoms with van der Waals surface area (Å²) in [6.45, 7) is 1.88. The average molecular weight is 329 g/mol. The summed E-state index contributed by atoms with van der Waals surface area (Å²) in [4.78, 5) is 25.1. The highest BCUT2D eigenvalue weighted by Crippen LogP contribution is 2.47. The molecule has 0 unspecified atom stereocenters. The fourth-order valence-corrected chi connectivity index (χ4v) is 2.60. The highest BCUT2D eigenvalue weighted by Gasteiger charge is 2.56. The second-order valence-corrected chi connectivity index (χ2v) is 6.25. The van der Waals surface area contributed by atoms with Gasteiger partial charge in [0.15, 0.2) is 0 Å². The van der Waals surface area contributed by atoms with E-state index >= 15 is 0 Å². The maximum atomic E-state index is 12.6. The molecule has 1 saturated carbocycles. The Balaban J connectivity index is 1.73. The van der Waals surface area contributed by atoms with E-state index in [2.05, 4.69) is 10.6 Å². The lowest BCUT2D eigenvalue weighted by molar-refractivity contribution is -0.131. The minimum atomic E-state index is -0.982. The van der Waals surface area contributed by atoms with Gasteiger partial charge in [-0.1, -0.05) is 35.9 Å². The molecule has 0 radical (unpaired) electrons. The van der Waals surface area contributed by atoms with Crippen molar-refractivity contribution in [2.24, 2.45) is 5.41 Å². The van der Waals surface area contributed by atoms with E-state index in [1.807, 2.05) is 31.2 Å². The molecule has 5 heteroatoms. The number of aryl methyl sites for hydroxylation is 1. The van der Waals surface area contributed by atoms with Crippen molar-refractivity contribution in [2.45, 2.75) is 19.8 Å². The van der Waals surface area contributed by atoms with Gasteiger partial charge in [-0.2, -0.15) is 0 Å². The van der Waals surface area contributed by atoms with Crippen LogP contribution in [0.1, 0.15) is 18.4 Å². The van der Waals surface area contributed by atoms with E-state index in [9.17, 15) is 9.59 Å². The largest absolute Gasteiger partial charge is 0.325 e. The summed E-state index contributed by atoms with van der Waals surface area (Å²) in [5.74, 6) is -0.544. The van der Waals surface area contributed by atoms with E-state index in [4.69, 9.17) is 11.6 Å². The zero-order valence-corrected chi connectivity index (χ0v) is 13.5. The van der Waals surface area contributed by atoms with Crippen molar-refractivity contribution in [3.63, 3.8) is 0 Å². The van der Waals surface area contributed by atoms with E-state index < -0.39 is 5.41 Å². The minimum Gasteiger partial charge on any atom is -0.325 e. The Morgan fingerprint density at radius 1 is 1.00 bits per heavy atom. The van der Waals surface area contributed by atoms with Gasteiger partial charge in [-0.3, -0.25) is 9.59 Å². The van der Waals surface area contributed by atoms with Crippen molar-refractivity contribution in [1.29, 1.82) is 0 Å². The maximum Gasteiger partial charge on any atom is 0.240 e. The molecule has 0 saturated heterocycles. The zero-order chi connectivity index (χ0) is 16.4. The Morgan fingerprint density at radius 3 is 2.30 bits per heavy atom. The summed E-state index contributed by atoms with van der Waals surface area (Å²) in [5.41, 5.74) is 1.25. The van der Waals surface area contributed by atoms with E-state index in [0.29, 0.717) is 29.2 Å². The highest BCUT2D eigenvalue weighted by atomic mass is 35.5. The lowest BCUT2D eigenvalue weighted by atomic mass is 10.0. The molecular formula is C18H17ClN2O2. The second-order valence-electron chi connectivity index (χ2n) is 5.82. The summed E-state index contributed by atoms with van der Waals surface area (Å²) in [7, 11) is 0. The van der Waals surface area contributed by atoms with Gasteiger partial charge in [0, 0.05) is 16.4 Å². The molecule has 118 valence electrons. The number of hydrogen-bond donors (Lipinski definition) is 2. The fraction of sp³-hybridized carbons (Fsp3) is 0.222. The van der Waals surface area contributed by atoms with Gasteiger partial charge >= 0.3 is 0 Å². The van der Waals surface area contributed by atoms with Crippen molar-refractivity contribution in [1.82, 2.24) is 0 Å². The molecule has 3 rings (SSSR count). The van der Waals surface area contributed by atoms with Crippen LogP contribution in [-0.2, 0) is 9.59 Å². The number of rotatable bonds is 4. The van der Waals surface area contributed by atoms with Crippen molar-refractivity contribution in [2.75, 3.05) is 10.6 Å². The zero-order valence-electron chi connectivity index (χ0n) is 12.7. The van der Waals surface area contributed by atoms with Gasteiger partial charge in [-0.05, 0) is 49.6 Å². The van der Waals surface area contributed by atoms with Crippen molar-refractivity contribution < 1.29 is 9.59 Å². The number of amides is 2.